The maximum absolute atomic E-state index is 13.3. The van der Waals surface area contributed by atoms with E-state index in [1.165, 1.54) is 4.68 Å². The number of hydrogen-bond donors (Lipinski definition) is 0. The minimum absolute atomic E-state index is 0.174. The van der Waals surface area contributed by atoms with Gasteiger partial charge >= 0.3 is 6.18 Å². The molecule has 1 aliphatic carbocycles. The van der Waals surface area contributed by atoms with Crippen LogP contribution < -0.4 is 0 Å². The summed E-state index contributed by atoms with van der Waals surface area (Å²) in [5, 5.41) is 8.22. The van der Waals surface area contributed by atoms with E-state index in [2.05, 4.69) is 10.2 Å². The predicted molar refractivity (Wildman–Crippen MR) is 97.7 cm³/mol. The van der Waals surface area contributed by atoms with E-state index in [-0.39, 0.29) is 18.0 Å². The van der Waals surface area contributed by atoms with E-state index in [1.807, 2.05) is 32.4 Å². The second-order valence-electron chi connectivity index (χ2n) is 7.16. The van der Waals surface area contributed by atoms with Crippen LogP contribution in [0.1, 0.15) is 54.2 Å². The molecule has 0 radical (unpaired) electrons. The van der Waals surface area contributed by atoms with Crippen molar-refractivity contribution in [3.05, 3.63) is 33.9 Å². The molecule has 2 aromatic rings. The van der Waals surface area contributed by atoms with Gasteiger partial charge in [-0.25, -0.2) is 0 Å². The summed E-state index contributed by atoms with van der Waals surface area (Å²) < 4.78 is 42.9. The van der Waals surface area contributed by atoms with Crippen LogP contribution in [0.4, 0.5) is 13.2 Å². The summed E-state index contributed by atoms with van der Waals surface area (Å²) >= 11 is 0. The van der Waals surface area contributed by atoms with Gasteiger partial charge in [-0.15, -0.1) is 0 Å². The molecular formula is C19H26F3N5O. The highest BCUT2D eigenvalue weighted by molar-refractivity contribution is 5.76. The summed E-state index contributed by atoms with van der Waals surface area (Å²) in [6.45, 7) is 9.16. The largest absolute Gasteiger partial charge is 0.435 e. The molecule has 2 heterocycles. The minimum atomic E-state index is -4.49. The van der Waals surface area contributed by atoms with Crippen molar-refractivity contribution in [3.8, 4) is 0 Å². The van der Waals surface area contributed by atoms with E-state index in [9.17, 15) is 18.0 Å². The third-order valence-electron chi connectivity index (χ3n) is 5.47. The van der Waals surface area contributed by atoms with E-state index in [1.54, 1.807) is 4.90 Å². The number of likely N-dealkylation sites (N-methyl/N-ethyl adjacent to an activating group) is 1. The molecule has 1 aliphatic rings. The Hall–Kier alpha value is -2.32. The zero-order chi connectivity index (χ0) is 20.6. The van der Waals surface area contributed by atoms with Gasteiger partial charge in [-0.2, -0.15) is 23.4 Å². The molecule has 154 valence electrons. The first kappa shape index (κ1) is 20.4. The molecule has 0 atom stereocenters. The first-order valence-corrected chi connectivity index (χ1v) is 9.63. The number of carbonyl (C=O) groups excluding carboxylic acids is 1. The Morgan fingerprint density at radius 2 is 1.86 bits per heavy atom. The van der Waals surface area contributed by atoms with Crippen LogP contribution in [0.2, 0.25) is 0 Å². The van der Waals surface area contributed by atoms with Crippen molar-refractivity contribution < 1.29 is 18.0 Å². The zero-order valence-corrected chi connectivity index (χ0v) is 16.7. The fourth-order valence-corrected chi connectivity index (χ4v) is 3.93. The Labute approximate surface area is 162 Å². The first-order valence-electron chi connectivity index (χ1n) is 9.63. The minimum Gasteiger partial charge on any atom is -0.337 e. The van der Waals surface area contributed by atoms with Gasteiger partial charge in [0.05, 0.1) is 5.69 Å². The quantitative estimate of drug-likeness (QED) is 0.752. The van der Waals surface area contributed by atoms with Gasteiger partial charge in [0.2, 0.25) is 5.91 Å². The predicted octanol–water partition coefficient (Wildman–Crippen LogP) is 3.27. The van der Waals surface area contributed by atoms with E-state index in [0.717, 1.165) is 23.5 Å². The van der Waals surface area contributed by atoms with Crippen LogP contribution in [0.3, 0.4) is 0 Å². The third-order valence-corrected chi connectivity index (χ3v) is 5.47. The SMILES string of the molecule is CCN(Cc1c(C)nn(CC)c1C)C(=O)Cn1nc(C(F)(F)F)c2c1CCC2. The van der Waals surface area contributed by atoms with E-state index >= 15 is 0 Å². The fraction of sp³-hybridized carbons (Fsp3) is 0.632. The van der Waals surface area contributed by atoms with Crippen molar-refractivity contribution in [2.24, 2.45) is 0 Å². The number of rotatable bonds is 6. The van der Waals surface area contributed by atoms with Crippen LogP contribution >= 0.6 is 0 Å². The van der Waals surface area contributed by atoms with Gasteiger partial charge in [-0.3, -0.25) is 14.2 Å². The van der Waals surface area contributed by atoms with Gasteiger partial charge in [0.1, 0.15) is 6.54 Å². The van der Waals surface area contributed by atoms with Crippen molar-refractivity contribution in [2.45, 2.75) is 72.8 Å². The Balaban J connectivity index is 1.81. The number of halogens is 3. The maximum atomic E-state index is 13.3. The Morgan fingerprint density at radius 3 is 2.43 bits per heavy atom. The van der Waals surface area contributed by atoms with Gasteiger partial charge < -0.3 is 4.90 Å². The van der Waals surface area contributed by atoms with Gasteiger partial charge in [0, 0.05) is 42.1 Å². The highest BCUT2D eigenvalue weighted by atomic mass is 19.4. The lowest BCUT2D eigenvalue weighted by atomic mass is 10.2. The number of aromatic nitrogens is 4. The van der Waals surface area contributed by atoms with Crippen molar-refractivity contribution in [1.29, 1.82) is 0 Å². The van der Waals surface area contributed by atoms with Crippen LogP contribution in [0.5, 0.6) is 0 Å². The molecule has 3 rings (SSSR count). The van der Waals surface area contributed by atoms with Crippen LogP contribution in [-0.2, 0) is 43.4 Å². The molecule has 0 unspecified atom stereocenters. The smallest absolute Gasteiger partial charge is 0.337 e. The molecule has 0 saturated carbocycles. The van der Waals surface area contributed by atoms with Crippen LogP contribution in [-0.4, -0.2) is 36.9 Å². The molecule has 0 spiro atoms. The number of aryl methyl sites for hydroxylation is 2. The molecule has 0 N–H and O–H groups in total. The summed E-state index contributed by atoms with van der Waals surface area (Å²) in [5.74, 6) is -0.239. The molecule has 0 bridgehead atoms. The monoisotopic (exact) mass is 397 g/mol. The van der Waals surface area contributed by atoms with E-state index < -0.39 is 11.9 Å². The average molecular weight is 397 g/mol. The summed E-state index contributed by atoms with van der Waals surface area (Å²) in [4.78, 5) is 14.5. The van der Waals surface area contributed by atoms with Gasteiger partial charge in [0.25, 0.3) is 0 Å². The topological polar surface area (TPSA) is 56.0 Å². The zero-order valence-electron chi connectivity index (χ0n) is 16.7. The van der Waals surface area contributed by atoms with Crippen LogP contribution in [0, 0.1) is 13.8 Å². The summed E-state index contributed by atoms with van der Waals surface area (Å²) in [7, 11) is 0. The third kappa shape index (κ3) is 3.66. The van der Waals surface area contributed by atoms with E-state index in [0.29, 0.717) is 38.0 Å². The second-order valence-corrected chi connectivity index (χ2v) is 7.16. The lowest BCUT2D eigenvalue weighted by Gasteiger charge is -2.22. The van der Waals surface area contributed by atoms with Gasteiger partial charge in [0.15, 0.2) is 5.69 Å². The number of fused-ring (bicyclic) bond motifs is 1. The number of hydrogen-bond acceptors (Lipinski definition) is 3. The van der Waals surface area contributed by atoms with Crippen LogP contribution in [0.25, 0.3) is 0 Å². The highest BCUT2D eigenvalue weighted by Gasteiger charge is 2.40. The molecule has 2 aromatic heterocycles. The molecule has 0 fully saturated rings. The first-order chi connectivity index (χ1) is 13.2. The van der Waals surface area contributed by atoms with Crippen molar-refractivity contribution in [1.82, 2.24) is 24.5 Å². The molecule has 28 heavy (non-hydrogen) atoms. The maximum Gasteiger partial charge on any atom is 0.435 e. The number of nitrogens with zero attached hydrogens (tertiary/aromatic N) is 5. The second kappa shape index (κ2) is 7.60. The normalized spacial score (nSPS) is 13.8. The van der Waals surface area contributed by atoms with E-state index in [4.69, 9.17) is 0 Å². The average Bonchev–Trinajstić information content (AvgIpc) is 3.29. The fourth-order valence-electron chi connectivity index (χ4n) is 3.93. The Kier molecular flexibility index (Phi) is 5.54. The van der Waals surface area contributed by atoms with Crippen molar-refractivity contribution in [3.63, 3.8) is 0 Å². The standard InChI is InChI=1S/C19H26F3N5O/c1-5-25(10-15-12(3)23-26(6-2)13(15)4)17(28)11-27-16-9-7-8-14(16)18(24-27)19(20,21)22/h5-11H2,1-4H3. The molecule has 9 heteroatoms. The molecule has 0 aromatic carbocycles. The Morgan fingerprint density at radius 1 is 1.14 bits per heavy atom. The number of alkyl halides is 3. The summed E-state index contributed by atoms with van der Waals surface area (Å²) in [6.07, 6.45) is -2.93. The van der Waals surface area contributed by atoms with Crippen molar-refractivity contribution >= 4 is 5.91 Å². The Bertz CT molecular complexity index is 881. The van der Waals surface area contributed by atoms with Crippen LogP contribution in [0.15, 0.2) is 0 Å². The molecule has 0 aliphatic heterocycles. The molecule has 1 amide bonds. The highest BCUT2D eigenvalue weighted by Crippen LogP contribution is 2.36. The summed E-state index contributed by atoms with van der Waals surface area (Å²) in [6, 6.07) is 0. The van der Waals surface area contributed by atoms with Gasteiger partial charge in [-0.1, -0.05) is 0 Å². The van der Waals surface area contributed by atoms with Gasteiger partial charge in [-0.05, 0) is 47.0 Å². The molecule has 0 saturated heterocycles. The summed E-state index contributed by atoms with van der Waals surface area (Å²) in [5.41, 5.74) is 2.81. The lowest BCUT2D eigenvalue weighted by molar-refractivity contribution is -0.142. The lowest BCUT2D eigenvalue weighted by Crippen LogP contribution is -2.34. The number of amides is 1. The molecule has 6 nitrogen and oxygen atoms in total. The van der Waals surface area contributed by atoms with Crippen molar-refractivity contribution in [2.75, 3.05) is 6.54 Å². The number of carbonyl (C=O) groups is 1. The molecular weight excluding hydrogens is 371 g/mol.